The minimum absolute atomic E-state index is 0.278. The molecule has 0 aromatic heterocycles. The molecular formula is C27H33NO5. The van der Waals surface area contributed by atoms with E-state index in [0.29, 0.717) is 5.75 Å². The second-order valence-electron chi connectivity index (χ2n) is 11.1. The van der Waals surface area contributed by atoms with Crippen molar-refractivity contribution in [2.75, 3.05) is 7.11 Å². The van der Waals surface area contributed by atoms with Crippen molar-refractivity contribution in [1.29, 1.82) is 0 Å². The summed E-state index contributed by atoms with van der Waals surface area (Å²) in [6, 6.07) is 11.6. The van der Waals surface area contributed by atoms with E-state index in [4.69, 9.17) is 14.2 Å². The molecule has 33 heavy (non-hydrogen) atoms. The Morgan fingerprint density at radius 1 is 1.06 bits per heavy atom. The Kier molecular flexibility index (Phi) is 5.08. The molecule has 2 aliphatic heterocycles. The van der Waals surface area contributed by atoms with Gasteiger partial charge in [-0.3, -0.25) is 0 Å². The lowest BCUT2D eigenvalue weighted by Crippen LogP contribution is -2.64. The Hall–Kier alpha value is -3.02. The lowest BCUT2D eigenvalue weighted by molar-refractivity contribution is -0.186. The fraction of sp³-hybridized carbons (Fsp3) is 0.481. The minimum Gasteiger partial charge on any atom is -0.507 e. The molecule has 0 saturated carbocycles. The van der Waals surface area contributed by atoms with E-state index >= 15 is 0 Å². The van der Waals surface area contributed by atoms with Crippen molar-refractivity contribution in [2.45, 2.75) is 76.5 Å². The van der Waals surface area contributed by atoms with Crippen LogP contribution in [0.2, 0.25) is 0 Å². The number of aromatic hydroxyl groups is 1. The molecule has 2 aliphatic rings. The van der Waals surface area contributed by atoms with Crippen molar-refractivity contribution in [2.24, 2.45) is 4.99 Å². The first-order valence-electron chi connectivity index (χ1n) is 11.2. The average Bonchev–Trinajstić information content (AvgIpc) is 3.07. The molecule has 2 aromatic carbocycles. The largest absolute Gasteiger partial charge is 0.507 e. The van der Waals surface area contributed by atoms with Crippen LogP contribution in [0.25, 0.3) is 0 Å². The summed E-state index contributed by atoms with van der Waals surface area (Å²) < 4.78 is 17.4. The Morgan fingerprint density at radius 3 is 2.18 bits per heavy atom. The third-order valence-corrected chi connectivity index (χ3v) is 6.76. The first kappa shape index (κ1) is 23.1. The number of carbonyl (C=O) groups is 1. The van der Waals surface area contributed by atoms with Gasteiger partial charge in [0.2, 0.25) is 5.54 Å². The molecule has 3 atom stereocenters. The molecule has 0 spiro atoms. The number of phenols is 1. The van der Waals surface area contributed by atoms with Crippen molar-refractivity contribution in [1.82, 2.24) is 0 Å². The fourth-order valence-corrected chi connectivity index (χ4v) is 5.00. The smallest absolute Gasteiger partial charge is 0.343 e. The maximum Gasteiger partial charge on any atom is 0.343 e. The zero-order valence-electron chi connectivity index (χ0n) is 20.6. The molecule has 0 unspecified atom stereocenters. The number of hydrogen-bond donors (Lipinski definition) is 1. The van der Waals surface area contributed by atoms with E-state index in [1.54, 1.807) is 6.92 Å². The van der Waals surface area contributed by atoms with Crippen LogP contribution in [0.1, 0.15) is 76.6 Å². The molecule has 2 aromatic rings. The van der Waals surface area contributed by atoms with E-state index < -0.39 is 23.2 Å². The van der Waals surface area contributed by atoms with Crippen LogP contribution >= 0.6 is 0 Å². The number of fused-ring (bicyclic) bond motifs is 2. The number of nitrogens with zero attached hydrogens (tertiary/aromatic N) is 1. The number of rotatable bonds is 2. The van der Waals surface area contributed by atoms with Crippen molar-refractivity contribution in [3.8, 4) is 11.5 Å². The SMILES string of the molecule is COC(=O)[C@]12N=CO[C@@]1(C)Oc1ccccc1[C@H]2c1cc(C(C)(C)C)c(O)c(C(C)(C)C)c1. The monoisotopic (exact) mass is 451 g/mol. The Morgan fingerprint density at radius 2 is 1.64 bits per heavy atom. The van der Waals surface area contributed by atoms with E-state index in [0.717, 1.165) is 22.3 Å². The van der Waals surface area contributed by atoms with Crippen LogP contribution in [0.4, 0.5) is 0 Å². The molecule has 4 rings (SSSR count). The fourth-order valence-electron chi connectivity index (χ4n) is 5.00. The highest BCUT2D eigenvalue weighted by molar-refractivity contribution is 5.89. The zero-order chi connectivity index (χ0) is 24.4. The maximum absolute atomic E-state index is 13.5. The van der Waals surface area contributed by atoms with Gasteiger partial charge >= 0.3 is 5.97 Å². The quantitative estimate of drug-likeness (QED) is 0.635. The lowest BCUT2D eigenvalue weighted by atomic mass is 9.67. The van der Waals surface area contributed by atoms with Gasteiger partial charge in [-0.2, -0.15) is 0 Å². The molecular weight excluding hydrogens is 418 g/mol. The molecule has 6 heteroatoms. The first-order chi connectivity index (χ1) is 15.3. The molecule has 6 nitrogen and oxygen atoms in total. The van der Waals surface area contributed by atoms with E-state index in [2.05, 4.69) is 46.5 Å². The summed E-state index contributed by atoms with van der Waals surface area (Å²) in [6.07, 6.45) is 1.28. The summed E-state index contributed by atoms with van der Waals surface area (Å²) in [6.45, 7) is 14.1. The molecule has 0 aliphatic carbocycles. The van der Waals surface area contributed by atoms with Crippen molar-refractivity contribution >= 4 is 12.4 Å². The number of esters is 1. The van der Waals surface area contributed by atoms with Crippen LogP contribution in [0.3, 0.4) is 0 Å². The van der Waals surface area contributed by atoms with Crippen molar-refractivity contribution < 1.29 is 24.1 Å². The van der Waals surface area contributed by atoms with Gasteiger partial charge in [0, 0.05) is 12.5 Å². The number of methoxy groups -OCH3 is 1. The summed E-state index contributed by atoms with van der Waals surface area (Å²) in [5, 5.41) is 11.3. The number of phenolic OH excluding ortho intramolecular Hbond substituents is 1. The Balaban J connectivity index is 2.11. The molecule has 176 valence electrons. The summed E-state index contributed by atoms with van der Waals surface area (Å²) in [5.74, 6) is -1.58. The van der Waals surface area contributed by atoms with Gasteiger partial charge in [-0.1, -0.05) is 71.9 Å². The third kappa shape index (κ3) is 3.30. The summed E-state index contributed by atoms with van der Waals surface area (Å²) >= 11 is 0. The number of ether oxygens (including phenoxy) is 3. The highest BCUT2D eigenvalue weighted by Crippen LogP contribution is 2.56. The molecule has 0 radical (unpaired) electrons. The van der Waals surface area contributed by atoms with E-state index in [1.807, 2.05) is 36.4 Å². The van der Waals surface area contributed by atoms with Crippen LogP contribution in [0.15, 0.2) is 41.4 Å². The summed E-state index contributed by atoms with van der Waals surface area (Å²) in [5.41, 5.74) is 1.12. The topological polar surface area (TPSA) is 77.4 Å². The van der Waals surface area contributed by atoms with Gasteiger partial charge in [0.1, 0.15) is 11.5 Å². The number of aliphatic imine (C=N–C) groups is 1. The predicted molar refractivity (Wildman–Crippen MR) is 127 cm³/mol. The molecule has 0 saturated heterocycles. The predicted octanol–water partition coefficient (Wildman–Crippen LogP) is 5.20. The molecule has 2 heterocycles. The van der Waals surface area contributed by atoms with Crippen molar-refractivity contribution in [3.05, 3.63) is 58.7 Å². The molecule has 0 fully saturated rings. The van der Waals surface area contributed by atoms with Crippen LogP contribution < -0.4 is 4.74 Å². The standard InChI is InChI=1S/C27H33NO5/c1-24(2,3)18-13-16(14-19(22(18)29)25(4,5)6)21-17-11-9-10-12-20(17)33-26(7)27(21,23(30)31-8)28-15-32-26/h9-15,21,29H,1-8H3/t21-,26+,27+/m1/s1. The number of hydrogen-bond acceptors (Lipinski definition) is 6. The van der Waals surface area contributed by atoms with E-state index in [9.17, 15) is 9.90 Å². The summed E-state index contributed by atoms with van der Waals surface area (Å²) in [7, 11) is 1.35. The number of carbonyl (C=O) groups excluding carboxylic acids is 1. The van der Waals surface area contributed by atoms with Crippen LogP contribution in [-0.4, -0.2) is 35.9 Å². The first-order valence-corrected chi connectivity index (χ1v) is 11.2. The second kappa shape index (κ2) is 7.24. The van der Waals surface area contributed by atoms with Gasteiger partial charge in [-0.15, -0.1) is 0 Å². The highest BCUT2D eigenvalue weighted by Gasteiger charge is 2.69. The van der Waals surface area contributed by atoms with Crippen LogP contribution in [0.5, 0.6) is 11.5 Å². The highest BCUT2D eigenvalue weighted by atomic mass is 16.7. The van der Waals surface area contributed by atoms with E-state index in [1.165, 1.54) is 13.5 Å². The summed E-state index contributed by atoms with van der Waals surface area (Å²) in [4.78, 5) is 18.0. The molecule has 0 amide bonds. The van der Waals surface area contributed by atoms with Gasteiger partial charge in [0.25, 0.3) is 5.79 Å². The zero-order valence-corrected chi connectivity index (χ0v) is 20.6. The number of para-hydroxylation sites is 1. The van der Waals surface area contributed by atoms with Gasteiger partial charge in [-0.25, -0.2) is 9.79 Å². The number of benzene rings is 2. The molecule has 0 bridgehead atoms. The van der Waals surface area contributed by atoms with Crippen molar-refractivity contribution in [3.63, 3.8) is 0 Å². The van der Waals surface area contributed by atoms with Gasteiger partial charge in [0.15, 0.2) is 6.40 Å². The molecule has 1 N–H and O–H groups in total. The van der Waals surface area contributed by atoms with Crippen LogP contribution in [0, 0.1) is 0 Å². The lowest BCUT2D eigenvalue weighted by Gasteiger charge is -2.47. The van der Waals surface area contributed by atoms with Crippen LogP contribution in [-0.2, 0) is 25.1 Å². The van der Waals surface area contributed by atoms with Gasteiger partial charge < -0.3 is 19.3 Å². The van der Waals surface area contributed by atoms with E-state index in [-0.39, 0.29) is 16.6 Å². The van der Waals surface area contributed by atoms with Gasteiger partial charge in [-0.05, 0) is 33.6 Å². The average molecular weight is 452 g/mol. The Labute approximate surface area is 195 Å². The minimum atomic E-state index is -1.49. The maximum atomic E-state index is 13.5. The Bertz CT molecular complexity index is 1100. The van der Waals surface area contributed by atoms with Gasteiger partial charge in [0.05, 0.1) is 13.0 Å². The third-order valence-electron chi connectivity index (χ3n) is 6.76. The second-order valence-corrected chi connectivity index (χ2v) is 11.1. The normalized spacial score (nSPS) is 26.1.